The molecule has 0 spiro atoms. The lowest BCUT2D eigenvalue weighted by atomic mass is 10.3. The van der Waals surface area contributed by atoms with Crippen molar-refractivity contribution in [2.24, 2.45) is 0 Å². The number of rotatable bonds is 3. The third-order valence-corrected chi connectivity index (χ3v) is 4.68. The van der Waals surface area contributed by atoms with Crippen molar-refractivity contribution in [3.05, 3.63) is 52.5 Å². The molecule has 1 heterocycles. The average Bonchev–Trinajstić information content (AvgIpc) is 2.85. The van der Waals surface area contributed by atoms with E-state index < -0.39 is 0 Å². The predicted octanol–water partition coefficient (Wildman–Crippen LogP) is 4.79. The summed E-state index contributed by atoms with van der Waals surface area (Å²) in [5, 5.41) is 2.80. The zero-order valence-electron chi connectivity index (χ0n) is 10.8. The Labute approximate surface area is 134 Å². The van der Waals surface area contributed by atoms with E-state index in [1.54, 1.807) is 0 Å². The lowest BCUT2D eigenvalue weighted by Crippen LogP contribution is -2.22. The van der Waals surface area contributed by atoms with E-state index >= 15 is 0 Å². The molecule has 3 aromatic rings. The van der Waals surface area contributed by atoms with Gasteiger partial charge < -0.3 is 10.3 Å². The SMILES string of the molecule is O=C(NSc1ccccc1)Nc1ccc2[nH]c(=S)sc2c1. The number of carbonyl (C=O) groups excluding carboxylic acids is 1. The number of aromatic amines is 1. The van der Waals surface area contributed by atoms with Crippen molar-refractivity contribution in [3.63, 3.8) is 0 Å². The number of benzene rings is 2. The lowest BCUT2D eigenvalue weighted by molar-refractivity contribution is 0.257. The predicted molar refractivity (Wildman–Crippen MR) is 91.5 cm³/mol. The molecule has 21 heavy (non-hydrogen) atoms. The number of H-pyrrole nitrogens is 1. The summed E-state index contributed by atoms with van der Waals surface area (Å²) in [4.78, 5) is 15.9. The zero-order chi connectivity index (χ0) is 14.7. The van der Waals surface area contributed by atoms with Gasteiger partial charge in [-0.2, -0.15) is 0 Å². The van der Waals surface area contributed by atoms with Gasteiger partial charge in [-0.05, 0) is 54.5 Å². The minimum atomic E-state index is -0.262. The van der Waals surface area contributed by atoms with Gasteiger partial charge in [-0.1, -0.05) is 18.2 Å². The van der Waals surface area contributed by atoms with Gasteiger partial charge in [0.1, 0.15) is 0 Å². The standard InChI is InChI=1S/C14H11N3OS3/c18-13(17-21-10-4-2-1-3-5-10)15-9-6-7-11-12(8-9)20-14(19)16-11/h1-8H,(H,16,19)(H2,15,17,18). The van der Waals surface area contributed by atoms with Crippen molar-refractivity contribution in [3.8, 4) is 0 Å². The first-order valence-electron chi connectivity index (χ1n) is 6.12. The van der Waals surface area contributed by atoms with E-state index in [2.05, 4.69) is 15.0 Å². The quantitative estimate of drug-likeness (QED) is 0.477. The van der Waals surface area contributed by atoms with Crippen molar-refractivity contribution in [2.45, 2.75) is 4.90 Å². The fraction of sp³-hybridized carbons (Fsp3) is 0. The number of hydrogen-bond acceptors (Lipinski definition) is 4. The Balaban J connectivity index is 1.64. The van der Waals surface area contributed by atoms with E-state index in [0.29, 0.717) is 0 Å². The number of anilines is 1. The van der Waals surface area contributed by atoms with Gasteiger partial charge in [-0.25, -0.2) is 4.79 Å². The Morgan fingerprint density at radius 3 is 2.81 bits per heavy atom. The molecule has 3 rings (SSSR count). The average molecular weight is 333 g/mol. The van der Waals surface area contributed by atoms with Crippen molar-refractivity contribution in [1.29, 1.82) is 0 Å². The highest BCUT2D eigenvalue weighted by atomic mass is 32.2. The van der Waals surface area contributed by atoms with Gasteiger partial charge in [-0.3, -0.25) is 4.72 Å². The summed E-state index contributed by atoms with van der Waals surface area (Å²) in [6.07, 6.45) is 0. The van der Waals surface area contributed by atoms with Crippen LogP contribution in [0.3, 0.4) is 0 Å². The summed E-state index contributed by atoms with van der Waals surface area (Å²) in [5.74, 6) is 0. The van der Waals surface area contributed by atoms with Gasteiger partial charge >= 0.3 is 6.03 Å². The van der Waals surface area contributed by atoms with E-state index in [0.717, 1.165) is 24.8 Å². The summed E-state index contributed by atoms with van der Waals surface area (Å²) < 4.78 is 4.49. The van der Waals surface area contributed by atoms with Crippen LogP contribution in [-0.2, 0) is 0 Å². The van der Waals surface area contributed by atoms with Gasteiger partial charge in [0.15, 0.2) is 3.95 Å². The monoisotopic (exact) mass is 333 g/mol. The van der Waals surface area contributed by atoms with Gasteiger partial charge in [0.2, 0.25) is 0 Å². The normalized spacial score (nSPS) is 10.5. The Morgan fingerprint density at radius 1 is 1.19 bits per heavy atom. The first kappa shape index (κ1) is 14.1. The van der Waals surface area contributed by atoms with Crippen LogP contribution >= 0.6 is 35.5 Å². The molecule has 2 aromatic carbocycles. The third kappa shape index (κ3) is 3.63. The van der Waals surface area contributed by atoms with E-state index in [4.69, 9.17) is 12.2 Å². The minimum absolute atomic E-state index is 0.262. The summed E-state index contributed by atoms with van der Waals surface area (Å²) in [6.45, 7) is 0. The van der Waals surface area contributed by atoms with Gasteiger partial charge in [0.25, 0.3) is 0 Å². The molecule has 0 aliphatic heterocycles. The summed E-state index contributed by atoms with van der Waals surface area (Å²) in [5.41, 5.74) is 1.72. The van der Waals surface area contributed by atoms with Crippen LogP contribution < -0.4 is 10.0 Å². The zero-order valence-corrected chi connectivity index (χ0v) is 13.2. The second-order valence-corrected chi connectivity index (χ2v) is 6.80. The molecule has 0 aliphatic carbocycles. The maximum Gasteiger partial charge on any atom is 0.329 e. The van der Waals surface area contributed by atoms with E-state index in [1.165, 1.54) is 23.3 Å². The number of urea groups is 1. The minimum Gasteiger partial charge on any atom is -0.337 e. The molecule has 0 atom stereocenters. The smallest absolute Gasteiger partial charge is 0.329 e. The molecular formula is C14H11N3OS3. The van der Waals surface area contributed by atoms with E-state index in [9.17, 15) is 4.79 Å². The molecule has 0 unspecified atom stereocenters. The summed E-state index contributed by atoms with van der Waals surface area (Å²) in [6, 6.07) is 15.0. The van der Waals surface area contributed by atoms with Crippen LogP contribution in [0.25, 0.3) is 10.2 Å². The number of aromatic nitrogens is 1. The van der Waals surface area contributed by atoms with Crippen LogP contribution in [0.4, 0.5) is 10.5 Å². The Morgan fingerprint density at radius 2 is 2.00 bits per heavy atom. The van der Waals surface area contributed by atoms with Crippen LogP contribution in [0, 0.1) is 3.95 Å². The molecule has 0 fully saturated rings. The Hall–Kier alpha value is -1.83. The second kappa shape index (κ2) is 6.30. The molecule has 0 bridgehead atoms. The van der Waals surface area contributed by atoms with Gasteiger partial charge in [0, 0.05) is 10.6 Å². The first-order valence-corrected chi connectivity index (χ1v) is 8.16. The van der Waals surface area contributed by atoms with Crippen molar-refractivity contribution in [2.75, 3.05) is 5.32 Å². The molecule has 1 aromatic heterocycles. The molecule has 106 valence electrons. The van der Waals surface area contributed by atoms with Crippen LogP contribution in [0.15, 0.2) is 53.4 Å². The maximum absolute atomic E-state index is 11.9. The second-order valence-electron chi connectivity index (χ2n) is 4.20. The molecule has 3 N–H and O–H groups in total. The topological polar surface area (TPSA) is 56.9 Å². The van der Waals surface area contributed by atoms with E-state index in [-0.39, 0.29) is 6.03 Å². The molecule has 0 saturated carbocycles. The number of carbonyl (C=O) groups is 1. The molecule has 0 radical (unpaired) electrons. The van der Waals surface area contributed by atoms with Crippen molar-refractivity contribution in [1.82, 2.24) is 9.71 Å². The van der Waals surface area contributed by atoms with Crippen LogP contribution in [0.1, 0.15) is 0 Å². The van der Waals surface area contributed by atoms with Crippen molar-refractivity contribution >= 4 is 57.4 Å². The number of nitrogens with one attached hydrogen (secondary N) is 3. The maximum atomic E-state index is 11.9. The molecule has 2 amide bonds. The Kier molecular flexibility index (Phi) is 4.23. The third-order valence-electron chi connectivity index (χ3n) is 2.68. The number of fused-ring (bicyclic) bond motifs is 1. The number of thiazole rings is 1. The molecule has 7 heteroatoms. The van der Waals surface area contributed by atoms with Gasteiger partial charge in [0.05, 0.1) is 10.2 Å². The summed E-state index contributed by atoms with van der Waals surface area (Å²) in [7, 11) is 0. The number of amides is 2. The Bertz CT molecular complexity index is 826. The van der Waals surface area contributed by atoms with E-state index in [1.807, 2.05) is 48.5 Å². The lowest BCUT2D eigenvalue weighted by Gasteiger charge is -2.06. The van der Waals surface area contributed by atoms with Crippen molar-refractivity contribution < 1.29 is 4.79 Å². The molecule has 0 aliphatic rings. The summed E-state index contributed by atoms with van der Waals surface area (Å²) >= 11 is 7.86. The molecular weight excluding hydrogens is 322 g/mol. The highest BCUT2D eigenvalue weighted by molar-refractivity contribution is 7.98. The number of hydrogen-bond donors (Lipinski definition) is 3. The highest BCUT2D eigenvalue weighted by Gasteiger charge is 2.04. The largest absolute Gasteiger partial charge is 0.337 e. The first-order chi connectivity index (χ1) is 10.2. The van der Waals surface area contributed by atoms with Crippen LogP contribution in [-0.4, -0.2) is 11.0 Å². The fourth-order valence-electron chi connectivity index (χ4n) is 1.77. The van der Waals surface area contributed by atoms with Crippen LogP contribution in [0.2, 0.25) is 0 Å². The molecule has 0 saturated heterocycles. The van der Waals surface area contributed by atoms with Gasteiger partial charge in [-0.15, -0.1) is 11.3 Å². The highest BCUT2D eigenvalue weighted by Crippen LogP contribution is 2.23. The molecule has 4 nitrogen and oxygen atoms in total. The fourth-order valence-corrected chi connectivity index (χ4v) is 3.48. The van der Waals surface area contributed by atoms with Crippen LogP contribution in [0.5, 0.6) is 0 Å².